The molecule has 0 saturated heterocycles. The Balaban J connectivity index is 0.00000288. The van der Waals surface area contributed by atoms with Crippen LogP contribution in [-0.4, -0.2) is 29.7 Å². The summed E-state index contributed by atoms with van der Waals surface area (Å²) < 4.78 is 40.9. The van der Waals surface area contributed by atoms with Crippen LogP contribution in [0.2, 0.25) is 0 Å². The Morgan fingerprint density at radius 2 is 2.08 bits per heavy atom. The van der Waals surface area contributed by atoms with Crippen LogP contribution in [0.25, 0.3) is 0 Å². The van der Waals surface area contributed by atoms with Gasteiger partial charge in [-0.15, -0.1) is 24.8 Å². The number of nitrogens with one attached hydrogen (secondary N) is 1. The van der Waals surface area contributed by atoms with Gasteiger partial charge in [-0.2, -0.15) is 13.2 Å². The van der Waals surface area contributed by atoms with Crippen LogP contribution >= 0.6 is 24.8 Å². The number of alkyl halides is 3. The highest BCUT2D eigenvalue weighted by atomic mass is 35.5. The van der Waals surface area contributed by atoms with Gasteiger partial charge in [0.15, 0.2) is 6.61 Å². The highest BCUT2D eigenvalue weighted by Crippen LogP contribution is 2.26. The van der Waals surface area contributed by atoms with Crippen molar-refractivity contribution in [3.05, 3.63) is 23.9 Å². The molecule has 1 fully saturated rings. The van der Waals surface area contributed by atoms with Gasteiger partial charge in [-0.1, -0.05) is 6.42 Å². The first-order chi connectivity index (χ1) is 10.8. The number of carbonyl (C=O) groups is 1. The molecule has 1 aliphatic carbocycles. The summed E-state index contributed by atoms with van der Waals surface area (Å²) in [5.41, 5.74) is 6.55. The van der Waals surface area contributed by atoms with Crippen molar-refractivity contribution in [3.8, 4) is 5.88 Å². The second-order valence-electron chi connectivity index (χ2n) is 5.74. The highest BCUT2D eigenvalue weighted by Gasteiger charge is 2.28. The fourth-order valence-electron chi connectivity index (χ4n) is 2.63. The van der Waals surface area contributed by atoms with E-state index in [2.05, 4.69) is 15.0 Å². The van der Waals surface area contributed by atoms with Crippen LogP contribution in [0.5, 0.6) is 5.88 Å². The van der Waals surface area contributed by atoms with E-state index in [1.54, 1.807) is 6.07 Å². The second kappa shape index (κ2) is 10.7. The monoisotopic (exact) mass is 403 g/mol. The van der Waals surface area contributed by atoms with Gasteiger partial charge in [0.05, 0.1) is 0 Å². The van der Waals surface area contributed by atoms with E-state index >= 15 is 0 Å². The summed E-state index contributed by atoms with van der Waals surface area (Å²) in [5.74, 6) is -0.0214. The molecule has 5 nitrogen and oxygen atoms in total. The average Bonchev–Trinajstić information content (AvgIpc) is 2.88. The van der Waals surface area contributed by atoms with Crippen LogP contribution in [0.1, 0.15) is 31.2 Å². The topological polar surface area (TPSA) is 77.2 Å². The molecule has 2 atom stereocenters. The molecule has 1 aromatic heterocycles. The van der Waals surface area contributed by atoms with Crippen molar-refractivity contribution in [2.24, 2.45) is 11.7 Å². The van der Waals surface area contributed by atoms with Gasteiger partial charge in [-0.25, -0.2) is 4.98 Å². The molecule has 0 unspecified atom stereocenters. The Morgan fingerprint density at radius 3 is 2.68 bits per heavy atom. The number of halogens is 5. The van der Waals surface area contributed by atoms with Crippen molar-refractivity contribution in [1.82, 2.24) is 10.3 Å². The van der Waals surface area contributed by atoms with E-state index in [1.165, 1.54) is 12.3 Å². The molecule has 0 radical (unpaired) electrons. The average molecular weight is 404 g/mol. The lowest BCUT2D eigenvalue weighted by atomic mass is 10.00. The van der Waals surface area contributed by atoms with E-state index in [-0.39, 0.29) is 55.1 Å². The van der Waals surface area contributed by atoms with Crippen LogP contribution in [-0.2, 0) is 11.3 Å². The summed E-state index contributed by atoms with van der Waals surface area (Å²) in [6.45, 7) is -1.18. The molecular weight excluding hydrogens is 382 g/mol. The van der Waals surface area contributed by atoms with Crippen LogP contribution in [0.4, 0.5) is 13.2 Å². The Hall–Kier alpha value is -1.25. The minimum absolute atomic E-state index is 0. The molecule has 0 bridgehead atoms. The summed E-state index contributed by atoms with van der Waals surface area (Å²) in [6.07, 6.45) is 0.264. The normalized spacial score (nSPS) is 19.5. The number of aromatic nitrogens is 1. The minimum atomic E-state index is -4.41. The molecule has 1 aromatic rings. The lowest BCUT2D eigenvalue weighted by Crippen LogP contribution is -2.31. The highest BCUT2D eigenvalue weighted by molar-refractivity contribution is 5.85. The van der Waals surface area contributed by atoms with Crippen molar-refractivity contribution in [1.29, 1.82) is 0 Å². The van der Waals surface area contributed by atoms with Gasteiger partial charge in [-0.3, -0.25) is 4.79 Å². The second-order valence-corrected chi connectivity index (χ2v) is 5.74. The summed E-state index contributed by atoms with van der Waals surface area (Å²) in [5, 5.41) is 2.75. The fourth-order valence-corrected chi connectivity index (χ4v) is 2.63. The molecule has 10 heteroatoms. The van der Waals surface area contributed by atoms with E-state index in [0.717, 1.165) is 19.3 Å². The molecule has 0 spiro atoms. The van der Waals surface area contributed by atoms with Crippen molar-refractivity contribution in [2.45, 2.75) is 44.4 Å². The number of hydrogen-bond donors (Lipinski definition) is 2. The van der Waals surface area contributed by atoms with Gasteiger partial charge >= 0.3 is 6.18 Å². The molecule has 1 amide bonds. The quantitative estimate of drug-likeness (QED) is 0.765. The predicted octanol–water partition coefficient (Wildman–Crippen LogP) is 3.00. The predicted molar refractivity (Wildman–Crippen MR) is 92.1 cm³/mol. The van der Waals surface area contributed by atoms with E-state index in [1.807, 2.05) is 0 Å². The summed E-state index contributed by atoms with van der Waals surface area (Å²) in [6, 6.07) is 3.07. The van der Waals surface area contributed by atoms with Crippen LogP contribution < -0.4 is 15.8 Å². The molecule has 1 aliphatic rings. The third-order valence-electron chi connectivity index (χ3n) is 3.84. The first-order valence-electron chi connectivity index (χ1n) is 7.50. The standard InChI is InChI=1S/C15H20F3N3O2.2ClH/c16-15(17,18)9-23-14-6-10(4-5-20-14)8-21-13(22)7-11-2-1-3-12(11)19;;/h4-6,11-12H,1-3,7-9,19H2,(H,21,22);2*1H/t11-,12+;;/m0../s1. The molecule has 144 valence electrons. The van der Waals surface area contributed by atoms with Gasteiger partial charge in [0, 0.05) is 31.3 Å². The van der Waals surface area contributed by atoms with Gasteiger partial charge in [0.1, 0.15) is 0 Å². The Bertz CT molecular complexity index is 547. The van der Waals surface area contributed by atoms with Gasteiger partial charge in [0.25, 0.3) is 0 Å². The molecule has 3 N–H and O–H groups in total. The maximum absolute atomic E-state index is 12.1. The zero-order valence-electron chi connectivity index (χ0n) is 13.4. The number of rotatable bonds is 6. The molecule has 25 heavy (non-hydrogen) atoms. The van der Waals surface area contributed by atoms with E-state index in [0.29, 0.717) is 12.0 Å². The van der Waals surface area contributed by atoms with E-state index in [9.17, 15) is 18.0 Å². The minimum Gasteiger partial charge on any atom is -0.468 e. The number of nitrogens with zero attached hydrogens (tertiary/aromatic N) is 1. The maximum atomic E-state index is 12.1. The lowest BCUT2D eigenvalue weighted by Gasteiger charge is -2.15. The van der Waals surface area contributed by atoms with Crippen molar-refractivity contribution < 1.29 is 22.7 Å². The van der Waals surface area contributed by atoms with Crippen molar-refractivity contribution >= 4 is 30.7 Å². The van der Waals surface area contributed by atoms with Crippen molar-refractivity contribution in [2.75, 3.05) is 6.61 Å². The van der Waals surface area contributed by atoms with Crippen LogP contribution in [0, 0.1) is 5.92 Å². The lowest BCUT2D eigenvalue weighted by molar-refractivity contribution is -0.154. The maximum Gasteiger partial charge on any atom is 0.422 e. The van der Waals surface area contributed by atoms with Gasteiger partial charge < -0.3 is 15.8 Å². The molecule has 1 saturated carbocycles. The number of pyridine rings is 1. The number of nitrogens with two attached hydrogens (primary N) is 1. The largest absolute Gasteiger partial charge is 0.468 e. The van der Waals surface area contributed by atoms with E-state index in [4.69, 9.17) is 5.73 Å². The molecule has 0 aromatic carbocycles. The summed E-state index contributed by atoms with van der Waals surface area (Å²) >= 11 is 0. The summed E-state index contributed by atoms with van der Waals surface area (Å²) in [4.78, 5) is 15.6. The third kappa shape index (κ3) is 8.60. The molecule has 0 aliphatic heterocycles. The molecule has 1 heterocycles. The van der Waals surface area contributed by atoms with Crippen molar-refractivity contribution in [3.63, 3.8) is 0 Å². The zero-order valence-corrected chi connectivity index (χ0v) is 15.1. The smallest absolute Gasteiger partial charge is 0.422 e. The number of carbonyl (C=O) groups excluding carboxylic acids is 1. The number of amides is 1. The Labute approximate surface area is 156 Å². The van der Waals surface area contributed by atoms with Crippen LogP contribution in [0.3, 0.4) is 0 Å². The molecular formula is C15H22Cl2F3N3O2. The summed E-state index contributed by atoms with van der Waals surface area (Å²) in [7, 11) is 0. The third-order valence-corrected chi connectivity index (χ3v) is 3.84. The van der Waals surface area contributed by atoms with Crippen LogP contribution in [0.15, 0.2) is 18.3 Å². The Kier molecular flexibility index (Phi) is 10.1. The first kappa shape index (κ1) is 23.8. The van der Waals surface area contributed by atoms with Gasteiger partial charge in [-0.05, 0) is 30.4 Å². The Morgan fingerprint density at radius 1 is 1.36 bits per heavy atom. The first-order valence-corrected chi connectivity index (χ1v) is 7.50. The van der Waals surface area contributed by atoms with Gasteiger partial charge in [0.2, 0.25) is 11.8 Å². The molecule has 2 rings (SSSR count). The zero-order chi connectivity index (χ0) is 16.9. The fraction of sp³-hybridized carbons (Fsp3) is 0.600. The SMILES string of the molecule is Cl.Cl.N[C@@H]1CCC[C@H]1CC(=O)NCc1ccnc(OCC(F)(F)F)c1. The number of ether oxygens (including phenoxy) is 1. The van der Waals surface area contributed by atoms with E-state index < -0.39 is 12.8 Å². The number of hydrogen-bond acceptors (Lipinski definition) is 4.